The van der Waals surface area contributed by atoms with E-state index in [4.69, 9.17) is 4.74 Å². The molecule has 1 N–H and O–H groups in total. The Bertz CT molecular complexity index is 1360. The number of hydrogen-bond acceptors (Lipinski definition) is 8. The minimum absolute atomic E-state index is 0.0699. The molecule has 1 aliphatic rings. The lowest BCUT2D eigenvalue weighted by atomic mass is 10.3. The average Bonchev–Trinajstić information content (AvgIpc) is 3.34. The average molecular weight is 454 g/mol. The summed E-state index contributed by atoms with van der Waals surface area (Å²) in [5.74, 6) is -0.827. The number of nitrogens with zero attached hydrogens (tertiary/aromatic N) is 5. The van der Waals surface area contributed by atoms with E-state index in [-0.39, 0.29) is 24.5 Å². The number of benzene rings is 1. The van der Waals surface area contributed by atoms with Crippen LogP contribution in [0.15, 0.2) is 41.6 Å². The number of anilines is 1. The molecular formula is C21H19FN6O3S. The summed E-state index contributed by atoms with van der Waals surface area (Å²) >= 11 is 1.23. The predicted octanol–water partition coefficient (Wildman–Crippen LogP) is 2.98. The Morgan fingerprint density at radius 3 is 2.81 bits per heavy atom. The monoisotopic (exact) mass is 454 g/mol. The summed E-state index contributed by atoms with van der Waals surface area (Å²) in [7, 11) is 0. The molecule has 0 atom stereocenters. The van der Waals surface area contributed by atoms with E-state index >= 15 is 0 Å². The minimum atomic E-state index is -0.463. The van der Waals surface area contributed by atoms with E-state index < -0.39 is 5.97 Å². The third kappa shape index (κ3) is 3.86. The molecule has 1 saturated carbocycles. The lowest BCUT2D eigenvalue weighted by molar-refractivity contribution is 0.0530. The second-order valence-electron chi connectivity index (χ2n) is 7.38. The third-order valence-electron chi connectivity index (χ3n) is 5.01. The number of carbonyl (C=O) groups is 1. The molecule has 0 spiro atoms. The Morgan fingerprint density at radius 1 is 1.31 bits per heavy atom. The number of rotatable bonds is 7. The van der Waals surface area contributed by atoms with Crippen molar-refractivity contribution < 1.29 is 13.9 Å². The molecule has 5 rings (SSSR count). The summed E-state index contributed by atoms with van der Waals surface area (Å²) < 4.78 is 21.3. The van der Waals surface area contributed by atoms with E-state index in [1.54, 1.807) is 19.1 Å². The largest absolute Gasteiger partial charge is 0.462 e. The normalized spacial score (nSPS) is 13.4. The van der Waals surface area contributed by atoms with E-state index in [2.05, 4.69) is 20.4 Å². The quantitative estimate of drug-likeness (QED) is 0.428. The maximum atomic E-state index is 13.2. The number of thiazole rings is 1. The van der Waals surface area contributed by atoms with Gasteiger partial charge >= 0.3 is 5.97 Å². The Labute approximate surface area is 185 Å². The number of ether oxygens (including phenoxy) is 1. The molecule has 0 radical (unpaired) electrons. The van der Waals surface area contributed by atoms with Gasteiger partial charge in [-0.25, -0.2) is 23.8 Å². The van der Waals surface area contributed by atoms with Gasteiger partial charge in [-0.05, 0) is 44.0 Å². The van der Waals surface area contributed by atoms with Crippen LogP contribution in [-0.4, -0.2) is 42.9 Å². The van der Waals surface area contributed by atoms with Crippen LogP contribution < -0.4 is 10.9 Å². The van der Waals surface area contributed by atoms with Crippen LogP contribution in [-0.2, 0) is 11.3 Å². The number of carbonyl (C=O) groups excluding carboxylic acids is 1. The van der Waals surface area contributed by atoms with Crippen LogP contribution in [0.2, 0.25) is 0 Å². The van der Waals surface area contributed by atoms with Crippen molar-refractivity contribution in [2.24, 2.45) is 0 Å². The molecule has 11 heteroatoms. The highest BCUT2D eigenvalue weighted by molar-refractivity contribution is 7.17. The molecule has 0 bridgehead atoms. The smallest absolute Gasteiger partial charge is 0.350 e. The first-order valence-corrected chi connectivity index (χ1v) is 11.0. The second kappa shape index (κ2) is 8.15. The van der Waals surface area contributed by atoms with Gasteiger partial charge in [0.1, 0.15) is 22.4 Å². The van der Waals surface area contributed by atoms with Crippen molar-refractivity contribution in [1.82, 2.24) is 24.3 Å². The second-order valence-corrected chi connectivity index (χ2v) is 8.38. The molecule has 32 heavy (non-hydrogen) atoms. The molecule has 164 valence electrons. The molecule has 0 aliphatic heterocycles. The topological polar surface area (TPSA) is 104 Å². The van der Waals surface area contributed by atoms with Crippen LogP contribution in [0.5, 0.6) is 0 Å². The summed E-state index contributed by atoms with van der Waals surface area (Å²) in [4.78, 5) is 34.8. The van der Waals surface area contributed by atoms with Crippen LogP contribution in [0.1, 0.15) is 35.1 Å². The van der Waals surface area contributed by atoms with Gasteiger partial charge in [0, 0.05) is 6.04 Å². The summed E-state index contributed by atoms with van der Waals surface area (Å²) in [6, 6.07) is 6.13. The van der Waals surface area contributed by atoms with Crippen molar-refractivity contribution in [3.63, 3.8) is 0 Å². The van der Waals surface area contributed by atoms with Crippen molar-refractivity contribution in [3.8, 4) is 5.69 Å². The van der Waals surface area contributed by atoms with Crippen LogP contribution in [0.3, 0.4) is 0 Å². The van der Waals surface area contributed by atoms with Gasteiger partial charge in [-0.15, -0.1) is 0 Å². The molecule has 3 aromatic heterocycles. The minimum Gasteiger partial charge on any atom is -0.462 e. The fraction of sp³-hybridized carbons (Fsp3) is 0.286. The molecular weight excluding hydrogens is 435 g/mol. The standard InChI is InChI=1S/C21H19FN6O3S/c1-2-31-20(30)17-16(26-21(32-17)25-13-5-6-13)10-27-11-23-18-15(19(27)29)9-24-28(18)14-7-3-12(22)4-8-14/h3-4,7-9,11,13H,2,5-6,10H2,1H3,(H,25,26). The molecule has 1 fully saturated rings. The van der Waals surface area contributed by atoms with Crippen molar-refractivity contribution in [1.29, 1.82) is 0 Å². The molecule has 9 nitrogen and oxygen atoms in total. The van der Waals surface area contributed by atoms with Crippen molar-refractivity contribution in [2.45, 2.75) is 32.4 Å². The Hall–Kier alpha value is -3.60. The van der Waals surface area contributed by atoms with Gasteiger partial charge in [-0.2, -0.15) is 5.10 Å². The molecule has 0 saturated heterocycles. The predicted molar refractivity (Wildman–Crippen MR) is 117 cm³/mol. The Balaban J connectivity index is 1.49. The number of aromatic nitrogens is 5. The number of esters is 1. The SMILES string of the molecule is CCOC(=O)c1sc(NC2CC2)nc1Cn1cnc2c(cnn2-c2ccc(F)cc2)c1=O. The highest BCUT2D eigenvalue weighted by Crippen LogP contribution is 2.30. The fourth-order valence-electron chi connectivity index (χ4n) is 3.27. The summed E-state index contributed by atoms with van der Waals surface area (Å²) in [5, 5.41) is 8.47. The lowest BCUT2D eigenvalue weighted by Crippen LogP contribution is -2.22. The first-order valence-electron chi connectivity index (χ1n) is 10.2. The maximum absolute atomic E-state index is 13.2. The number of fused-ring (bicyclic) bond motifs is 1. The molecule has 0 unspecified atom stereocenters. The van der Waals surface area contributed by atoms with Crippen LogP contribution in [0.25, 0.3) is 16.7 Å². The van der Waals surface area contributed by atoms with Crippen LogP contribution in [0.4, 0.5) is 9.52 Å². The highest BCUT2D eigenvalue weighted by atomic mass is 32.1. The molecule has 3 heterocycles. The van der Waals surface area contributed by atoms with Crippen molar-refractivity contribution in [3.05, 3.63) is 63.5 Å². The van der Waals surface area contributed by atoms with E-state index in [9.17, 15) is 14.0 Å². The zero-order chi connectivity index (χ0) is 22.2. The third-order valence-corrected chi connectivity index (χ3v) is 6.02. The van der Waals surface area contributed by atoms with E-state index in [0.29, 0.717) is 38.5 Å². The van der Waals surface area contributed by atoms with E-state index in [0.717, 1.165) is 12.8 Å². The van der Waals surface area contributed by atoms with Gasteiger partial charge in [0.2, 0.25) is 0 Å². The van der Waals surface area contributed by atoms with Gasteiger partial charge in [0.05, 0.1) is 30.7 Å². The Kier molecular flexibility index (Phi) is 5.17. The number of halogens is 1. The van der Waals surface area contributed by atoms with Gasteiger partial charge in [0.15, 0.2) is 10.8 Å². The molecule has 1 aliphatic carbocycles. The van der Waals surface area contributed by atoms with E-state index in [1.807, 2.05) is 0 Å². The zero-order valence-electron chi connectivity index (χ0n) is 17.1. The summed E-state index contributed by atoms with van der Waals surface area (Å²) in [5.41, 5.74) is 1.08. The first-order chi connectivity index (χ1) is 15.5. The number of nitrogens with one attached hydrogen (secondary N) is 1. The lowest BCUT2D eigenvalue weighted by Gasteiger charge is -2.06. The highest BCUT2D eigenvalue weighted by Gasteiger charge is 2.26. The van der Waals surface area contributed by atoms with Crippen LogP contribution in [0, 0.1) is 5.82 Å². The zero-order valence-corrected chi connectivity index (χ0v) is 17.9. The van der Waals surface area contributed by atoms with Crippen LogP contribution >= 0.6 is 11.3 Å². The number of hydrogen-bond donors (Lipinski definition) is 1. The first kappa shape index (κ1) is 20.3. The van der Waals surface area contributed by atoms with Gasteiger partial charge < -0.3 is 10.1 Å². The van der Waals surface area contributed by atoms with Crippen molar-refractivity contribution in [2.75, 3.05) is 11.9 Å². The van der Waals surface area contributed by atoms with Gasteiger partial charge in [-0.1, -0.05) is 11.3 Å². The Morgan fingerprint density at radius 2 is 2.09 bits per heavy atom. The summed E-state index contributed by atoms with van der Waals surface area (Å²) in [6.45, 7) is 2.06. The summed E-state index contributed by atoms with van der Waals surface area (Å²) in [6.07, 6.45) is 4.97. The molecule has 4 aromatic rings. The van der Waals surface area contributed by atoms with Crippen molar-refractivity contribution >= 4 is 33.5 Å². The maximum Gasteiger partial charge on any atom is 0.350 e. The molecule has 1 aromatic carbocycles. The van der Waals surface area contributed by atoms with Gasteiger partial charge in [0.25, 0.3) is 5.56 Å². The van der Waals surface area contributed by atoms with Gasteiger partial charge in [-0.3, -0.25) is 9.36 Å². The molecule has 0 amide bonds. The fourth-order valence-corrected chi connectivity index (χ4v) is 4.22. The van der Waals surface area contributed by atoms with E-state index in [1.165, 1.54) is 45.2 Å².